The van der Waals surface area contributed by atoms with E-state index in [0.717, 1.165) is 6.54 Å². The van der Waals surface area contributed by atoms with Crippen LogP contribution < -0.4 is 10.2 Å². The summed E-state index contributed by atoms with van der Waals surface area (Å²) in [5.74, 6) is -7.28. The van der Waals surface area contributed by atoms with Gasteiger partial charge in [-0.3, -0.25) is 34.4 Å². The number of amides is 4. The molecule has 3 aliphatic heterocycles. The Kier molecular flexibility index (Phi) is 10.4. The number of carbonyl (C=O) groups excluding carboxylic acids is 4. The molecule has 3 saturated heterocycles. The molecule has 61 heavy (non-hydrogen) atoms. The average Bonchev–Trinajstić information content (AvgIpc) is 3.62. The highest BCUT2D eigenvalue weighted by Crippen LogP contribution is 2.66. The molecule has 0 bridgehead atoms. The number of nitrogens with one attached hydrogen (secondary N) is 1. The first-order valence-electron chi connectivity index (χ1n) is 20.1. The quantitative estimate of drug-likeness (QED) is 0.135. The van der Waals surface area contributed by atoms with E-state index in [4.69, 9.17) is 27.9 Å². The number of halogens is 5. The summed E-state index contributed by atoms with van der Waals surface area (Å²) in [6.45, 7) is 2.14. The fourth-order valence-corrected chi connectivity index (χ4v) is 11.0. The second-order valence-electron chi connectivity index (χ2n) is 16.4. The Morgan fingerprint density at radius 2 is 1.64 bits per heavy atom. The maximum Gasteiger partial charge on any atom is 0.417 e. The molecule has 316 valence electrons. The van der Waals surface area contributed by atoms with Gasteiger partial charge in [-0.1, -0.05) is 83.4 Å². The standard InChI is InChI=1S/C45H40Cl2F3N5O6/c1-61-35-9-5-8-34(56)37(35)38-29-14-15-30-36(42(59)54(40(30)57)28-16-18-53(19-17-28)23-24-6-3-2-4-7-24)31(29)21-32-41(58)55(43(60)44(32,38)25-10-12-27(46)13-11-25)52-39-33(47)20-26(22-51-39)45(48,49)50/h2-14,20,22,28,30-32,36,38,56H,15-19,21,23H2,1H3,(H,51,52). The van der Waals surface area contributed by atoms with E-state index in [1.54, 1.807) is 36.4 Å². The number of piperidine rings is 1. The Balaban J connectivity index is 1.13. The van der Waals surface area contributed by atoms with Crippen molar-refractivity contribution in [1.29, 1.82) is 0 Å². The number of alkyl halides is 3. The van der Waals surface area contributed by atoms with E-state index in [0.29, 0.717) is 59.4 Å². The number of hydrogen-bond acceptors (Lipinski definition) is 9. The van der Waals surface area contributed by atoms with E-state index in [1.165, 1.54) is 23.6 Å². The molecule has 11 nitrogen and oxygen atoms in total. The fourth-order valence-electron chi connectivity index (χ4n) is 10.7. The van der Waals surface area contributed by atoms with Gasteiger partial charge in [-0.25, -0.2) is 4.98 Å². The highest BCUT2D eigenvalue weighted by atomic mass is 35.5. The van der Waals surface area contributed by atoms with E-state index in [2.05, 4.69) is 27.4 Å². The number of phenolic OH excluding ortho intramolecular Hbond substituents is 1. The van der Waals surface area contributed by atoms with Gasteiger partial charge < -0.3 is 9.84 Å². The predicted octanol–water partition coefficient (Wildman–Crippen LogP) is 7.77. The minimum Gasteiger partial charge on any atom is -0.508 e. The van der Waals surface area contributed by atoms with E-state index in [-0.39, 0.29) is 53.6 Å². The third-order valence-corrected chi connectivity index (χ3v) is 13.9. The van der Waals surface area contributed by atoms with Crippen LogP contribution in [-0.2, 0) is 37.3 Å². The van der Waals surface area contributed by atoms with Gasteiger partial charge in [-0.15, -0.1) is 0 Å². The summed E-state index contributed by atoms with van der Waals surface area (Å²) in [6.07, 6.45) is -1.03. The molecule has 4 fully saturated rings. The largest absolute Gasteiger partial charge is 0.508 e. The lowest BCUT2D eigenvalue weighted by Crippen LogP contribution is -2.53. The number of nitrogens with zero attached hydrogens (tertiary/aromatic N) is 4. The summed E-state index contributed by atoms with van der Waals surface area (Å²) in [5.41, 5.74) is 1.95. The van der Waals surface area contributed by atoms with Crippen LogP contribution in [0.5, 0.6) is 11.5 Å². The van der Waals surface area contributed by atoms with Crippen molar-refractivity contribution in [2.75, 3.05) is 25.6 Å². The first-order valence-corrected chi connectivity index (χ1v) is 20.8. The van der Waals surface area contributed by atoms with E-state index in [1.807, 2.05) is 24.3 Å². The SMILES string of the molecule is COc1cccc(O)c1C1C2=CCC3C(=O)N(C4CCN(Cc5ccccc5)CC4)C(=O)C3C2CC2C(=O)N(Nc3ncc(C(F)(F)F)cc3Cl)C(=O)C21c1ccc(Cl)cc1. The molecule has 3 aromatic carbocycles. The highest BCUT2D eigenvalue weighted by molar-refractivity contribution is 6.33. The Labute approximate surface area is 359 Å². The number of aromatic hydroxyl groups is 1. The molecule has 0 spiro atoms. The van der Waals surface area contributed by atoms with Crippen molar-refractivity contribution in [3.05, 3.63) is 129 Å². The molecular weight excluding hydrogens is 834 g/mol. The molecule has 0 radical (unpaired) electrons. The number of anilines is 1. The Hall–Kier alpha value is -5.44. The molecule has 6 unspecified atom stereocenters. The third kappa shape index (κ3) is 6.65. The van der Waals surface area contributed by atoms with Crippen LogP contribution in [0.25, 0.3) is 0 Å². The lowest BCUT2D eigenvalue weighted by Gasteiger charge is -2.50. The third-order valence-electron chi connectivity index (χ3n) is 13.3. The number of benzene rings is 3. The zero-order valence-electron chi connectivity index (χ0n) is 32.7. The van der Waals surface area contributed by atoms with Crippen molar-refractivity contribution >= 4 is 52.6 Å². The molecular formula is C45H40Cl2F3N5O6. The molecule has 1 aromatic heterocycles. The molecule has 5 aliphatic rings. The topological polar surface area (TPSA) is 132 Å². The summed E-state index contributed by atoms with van der Waals surface area (Å²) >= 11 is 12.7. The molecule has 1 saturated carbocycles. The van der Waals surface area contributed by atoms with Gasteiger partial charge in [0, 0.05) is 48.4 Å². The lowest BCUT2D eigenvalue weighted by molar-refractivity contribution is -0.144. The average molecular weight is 875 g/mol. The van der Waals surface area contributed by atoms with Crippen LogP contribution in [0.15, 0.2) is 96.7 Å². The number of allylic oxidation sites excluding steroid dienone is 2. The number of hydrogen-bond donors (Lipinski definition) is 2. The van der Waals surface area contributed by atoms with Gasteiger partial charge >= 0.3 is 6.18 Å². The van der Waals surface area contributed by atoms with Gasteiger partial charge in [0.2, 0.25) is 11.8 Å². The maximum atomic E-state index is 15.5. The Bertz CT molecular complexity index is 2460. The highest BCUT2D eigenvalue weighted by Gasteiger charge is 2.71. The van der Waals surface area contributed by atoms with Gasteiger partial charge in [0.05, 0.1) is 40.9 Å². The molecule has 4 aromatic rings. The molecule has 2 aliphatic carbocycles. The molecule has 4 heterocycles. The van der Waals surface area contributed by atoms with Crippen LogP contribution in [0.1, 0.15) is 53.9 Å². The number of rotatable bonds is 8. The van der Waals surface area contributed by atoms with Crippen LogP contribution in [0, 0.1) is 23.7 Å². The molecule has 16 heteroatoms. The number of aromatic nitrogens is 1. The molecule has 4 amide bonds. The molecule has 9 rings (SSSR count). The summed E-state index contributed by atoms with van der Waals surface area (Å²) in [7, 11) is 1.41. The lowest BCUT2D eigenvalue weighted by atomic mass is 9.49. The van der Waals surface area contributed by atoms with Gasteiger partial charge in [0.15, 0.2) is 5.82 Å². The number of likely N-dealkylation sites (tertiary alicyclic amines) is 2. The first-order chi connectivity index (χ1) is 29.2. The van der Waals surface area contributed by atoms with Crippen LogP contribution >= 0.6 is 23.2 Å². The second kappa shape index (κ2) is 15.5. The van der Waals surface area contributed by atoms with Gasteiger partial charge in [-0.2, -0.15) is 18.2 Å². The van der Waals surface area contributed by atoms with Gasteiger partial charge in [0.1, 0.15) is 11.5 Å². The van der Waals surface area contributed by atoms with E-state index >= 15 is 9.59 Å². The van der Waals surface area contributed by atoms with Crippen molar-refractivity contribution in [3.63, 3.8) is 0 Å². The van der Waals surface area contributed by atoms with Gasteiger partial charge in [0.25, 0.3) is 11.8 Å². The first kappa shape index (κ1) is 40.9. The minimum absolute atomic E-state index is 0.0542. The molecule has 2 N–H and O–H groups in total. The summed E-state index contributed by atoms with van der Waals surface area (Å²) in [5, 5.41) is 12.3. The minimum atomic E-state index is -4.76. The zero-order chi connectivity index (χ0) is 43.0. The number of carbonyl (C=O) groups is 4. The van der Waals surface area contributed by atoms with E-state index < -0.39 is 63.6 Å². The predicted molar refractivity (Wildman–Crippen MR) is 218 cm³/mol. The van der Waals surface area contributed by atoms with Crippen molar-refractivity contribution < 1.29 is 42.2 Å². The van der Waals surface area contributed by atoms with Crippen molar-refractivity contribution in [3.8, 4) is 11.5 Å². The maximum absolute atomic E-state index is 15.5. The van der Waals surface area contributed by atoms with Crippen LogP contribution in [0.3, 0.4) is 0 Å². The number of ether oxygens (including phenoxy) is 1. The zero-order valence-corrected chi connectivity index (χ0v) is 34.3. The molecule has 6 atom stereocenters. The fraction of sp³-hybridized carbons (Fsp3) is 0.356. The van der Waals surface area contributed by atoms with Gasteiger partial charge in [-0.05, 0) is 73.1 Å². The Morgan fingerprint density at radius 1 is 0.918 bits per heavy atom. The summed E-state index contributed by atoms with van der Waals surface area (Å²) in [6, 6.07) is 21.4. The number of pyridine rings is 1. The number of phenols is 1. The smallest absolute Gasteiger partial charge is 0.417 e. The van der Waals surface area contributed by atoms with E-state index in [9.17, 15) is 27.9 Å². The van der Waals surface area contributed by atoms with Crippen molar-refractivity contribution in [2.24, 2.45) is 23.7 Å². The summed E-state index contributed by atoms with van der Waals surface area (Å²) < 4.78 is 46.5. The van der Waals surface area contributed by atoms with Crippen molar-refractivity contribution in [2.45, 2.75) is 55.8 Å². The van der Waals surface area contributed by atoms with Crippen LogP contribution in [0.2, 0.25) is 10.0 Å². The summed E-state index contributed by atoms with van der Waals surface area (Å²) in [4.78, 5) is 67.4. The number of hydrazine groups is 1. The second-order valence-corrected chi connectivity index (χ2v) is 17.2. The number of imide groups is 2. The Morgan fingerprint density at radius 3 is 2.31 bits per heavy atom. The van der Waals surface area contributed by atoms with Crippen molar-refractivity contribution in [1.82, 2.24) is 19.8 Å². The van der Waals surface area contributed by atoms with Crippen LogP contribution in [0.4, 0.5) is 19.0 Å². The normalized spacial score (nSPS) is 26.9. The monoisotopic (exact) mass is 873 g/mol. The number of methoxy groups -OCH3 is 1. The number of fused-ring (bicyclic) bond motifs is 4. The van der Waals surface area contributed by atoms with Crippen LogP contribution in [-0.4, -0.2) is 74.8 Å².